The number of aromatic nitrogens is 1. The highest BCUT2D eigenvalue weighted by molar-refractivity contribution is 7.13. The molecule has 1 aliphatic heterocycles. The lowest BCUT2D eigenvalue weighted by Gasteiger charge is -2.26. The van der Waals surface area contributed by atoms with Crippen molar-refractivity contribution in [3.8, 4) is 0 Å². The van der Waals surface area contributed by atoms with Gasteiger partial charge in [-0.05, 0) is 31.1 Å². The average Bonchev–Trinajstić information content (AvgIpc) is 2.71. The van der Waals surface area contributed by atoms with Crippen LogP contribution in [0.15, 0.2) is 0 Å². The van der Waals surface area contributed by atoms with Crippen molar-refractivity contribution >= 4 is 17.1 Å². The minimum atomic E-state index is 0.0662. The summed E-state index contributed by atoms with van der Waals surface area (Å²) >= 11 is 1.60. The smallest absolute Gasteiger partial charge is 0.175 e. The fourth-order valence-electron chi connectivity index (χ4n) is 3.02. The first-order valence-electron chi connectivity index (χ1n) is 7.17. The topological polar surface area (TPSA) is 39.2 Å². The van der Waals surface area contributed by atoms with Gasteiger partial charge in [0.05, 0.1) is 21.7 Å². The SMILES string of the molecule is CC1(C)CC(=O)c2sc(CC3CCCCO3)nc2C1. The van der Waals surface area contributed by atoms with Crippen LogP contribution < -0.4 is 0 Å². The van der Waals surface area contributed by atoms with Gasteiger partial charge in [0.25, 0.3) is 0 Å². The molecule has 0 amide bonds. The van der Waals surface area contributed by atoms with E-state index in [1.165, 1.54) is 12.8 Å². The number of Topliss-reactive ketones (excluding diaryl/α,β-unsaturated/α-hetero) is 1. The summed E-state index contributed by atoms with van der Waals surface area (Å²) in [7, 11) is 0. The summed E-state index contributed by atoms with van der Waals surface area (Å²) in [4.78, 5) is 17.8. The highest BCUT2D eigenvalue weighted by atomic mass is 32.1. The van der Waals surface area contributed by atoms with E-state index >= 15 is 0 Å². The second kappa shape index (κ2) is 4.98. The molecule has 0 spiro atoms. The molecule has 0 bridgehead atoms. The van der Waals surface area contributed by atoms with Crippen molar-refractivity contribution in [1.29, 1.82) is 0 Å². The molecule has 1 aliphatic carbocycles. The number of carbonyl (C=O) groups is 1. The summed E-state index contributed by atoms with van der Waals surface area (Å²) in [5, 5.41) is 1.09. The summed E-state index contributed by atoms with van der Waals surface area (Å²) < 4.78 is 5.76. The van der Waals surface area contributed by atoms with E-state index in [4.69, 9.17) is 9.72 Å². The van der Waals surface area contributed by atoms with E-state index in [0.29, 0.717) is 12.5 Å². The predicted molar refractivity (Wildman–Crippen MR) is 75.8 cm³/mol. The normalized spacial score (nSPS) is 26.2. The van der Waals surface area contributed by atoms with Crippen LogP contribution in [-0.2, 0) is 17.6 Å². The number of hydrogen-bond acceptors (Lipinski definition) is 4. The van der Waals surface area contributed by atoms with Crippen LogP contribution in [0.1, 0.15) is 59.9 Å². The Kier molecular flexibility index (Phi) is 3.48. The first-order valence-corrected chi connectivity index (χ1v) is 7.98. The lowest BCUT2D eigenvalue weighted by atomic mass is 9.78. The number of hydrogen-bond donors (Lipinski definition) is 0. The maximum Gasteiger partial charge on any atom is 0.175 e. The molecule has 1 unspecified atom stereocenters. The number of carbonyl (C=O) groups excluding carboxylic acids is 1. The van der Waals surface area contributed by atoms with Crippen LogP contribution in [0.25, 0.3) is 0 Å². The van der Waals surface area contributed by atoms with E-state index in [2.05, 4.69) is 13.8 Å². The summed E-state index contributed by atoms with van der Waals surface area (Å²) in [5.74, 6) is 0.277. The molecule has 19 heavy (non-hydrogen) atoms. The quantitative estimate of drug-likeness (QED) is 0.833. The molecule has 104 valence electrons. The first-order chi connectivity index (χ1) is 9.03. The summed E-state index contributed by atoms with van der Waals surface area (Å²) in [6.07, 6.45) is 6.33. The third-order valence-corrected chi connectivity index (χ3v) is 5.12. The molecule has 1 atom stereocenters. The Morgan fingerprint density at radius 1 is 1.37 bits per heavy atom. The van der Waals surface area contributed by atoms with Gasteiger partial charge in [-0.1, -0.05) is 13.8 Å². The van der Waals surface area contributed by atoms with Crippen LogP contribution in [0.3, 0.4) is 0 Å². The Bertz CT molecular complexity index is 486. The molecule has 0 radical (unpaired) electrons. The molecule has 1 aromatic heterocycles. The van der Waals surface area contributed by atoms with E-state index < -0.39 is 0 Å². The van der Waals surface area contributed by atoms with Crippen molar-refractivity contribution in [1.82, 2.24) is 4.98 Å². The molecule has 1 fully saturated rings. The number of thiazole rings is 1. The zero-order valence-electron chi connectivity index (χ0n) is 11.7. The second-order valence-corrected chi connectivity index (χ2v) is 7.60. The second-order valence-electron chi connectivity index (χ2n) is 6.52. The molecule has 3 rings (SSSR count). The Labute approximate surface area is 118 Å². The van der Waals surface area contributed by atoms with Crippen LogP contribution in [0.4, 0.5) is 0 Å². The highest BCUT2D eigenvalue weighted by Crippen LogP contribution is 2.37. The molecule has 0 N–H and O–H groups in total. The van der Waals surface area contributed by atoms with Crippen LogP contribution >= 0.6 is 11.3 Å². The van der Waals surface area contributed by atoms with E-state index in [-0.39, 0.29) is 11.2 Å². The molecular weight excluding hydrogens is 258 g/mol. The maximum absolute atomic E-state index is 12.1. The van der Waals surface area contributed by atoms with Gasteiger partial charge >= 0.3 is 0 Å². The molecule has 1 aromatic rings. The van der Waals surface area contributed by atoms with Gasteiger partial charge in [-0.25, -0.2) is 4.98 Å². The zero-order valence-corrected chi connectivity index (χ0v) is 12.5. The van der Waals surface area contributed by atoms with Gasteiger partial charge in [-0.3, -0.25) is 4.79 Å². The van der Waals surface area contributed by atoms with E-state index in [1.807, 2.05) is 0 Å². The van der Waals surface area contributed by atoms with Gasteiger partial charge in [0.1, 0.15) is 0 Å². The molecule has 2 aliphatic rings. The number of ether oxygens (including phenoxy) is 1. The Hall–Kier alpha value is -0.740. The number of ketones is 1. The molecule has 1 saturated heterocycles. The van der Waals surface area contributed by atoms with Gasteiger partial charge < -0.3 is 4.74 Å². The van der Waals surface area contributed by atoms with Crippen molar-refractivity contribution in [2.24, 2.45) is 5.41 Å². The van der Waals surface area contributed by atoms with E-state index in [1.54, 1.807) is 11.3 Å². The van der Waals surface area contributed by atoms with Gasteiger partial charge in [0.15, 0.2) is 5.78 Å². The van der Waals surface area contributed by atoms with Crippen molar-refractivity contribution < 1.29 is 9.53 Å². The van der Waals surface area contributed by atoms with Gasteiger partial charge in [-0.2, -0.15) is 0 Å². The maximum atomic E-state index is 12.1. The summed E-state index contributed by atoms with van der Waals surface area (Å²) in [6.45, 7) is 5.18. The van der Waals surface area contributed by atoms with Crippen molar-refractivity contribution in [3.63, 3.8) is 0 Å². The number of fused-ring (bicyclic) bond motifs is 1. The largest absolute Gasteiger partial charge is 0.378 e. The fraction of sp³-hybridized carbons (Fsp3) is 0.733. The lowest BCUT2D eigenvalue weighted by Crippen LogP contribution is -2.26. The minimum absolute atomic E-state index is 0.0662. The van der Waals surface area contributed by atoms with Crippen molar-refractivity contribution in [3.05, 3.63) is 15.6 Å². The number of nitrogens with zero attached hydrogens (tertiary/aromatic N) is 1. The van der Waals surface area contributed by atoms with E-state index in [0.717, 1.165) is 41.4 Å². The minimum Gasteiger partial charge on any atom is -0.378 e. The molecule has 3 nitrogen and oxygen atoms in total. The van der Waals surface area contributed by atoms with Crippen LogP contribution in [0.2, 0.25) is 0 Å². The van der Waals surface area contributed by atoms with Crippen LogP contribution in [0, 0.1) is 5.41 Å². The number of rotatable bonds is 2. The Balaban J connectivity index is 1.76. The van der Waals surface area contributed by atoms with Crippen LogP contribution in [-0.4, -0.2) is 23.5 Å². The highest BCUT2D eigenvalue weighted by Gasteiger charge is 2.34. The predicted octanol–water partition coefficient (Wildman–Crippen LogP) is 3.41. The third-order valence-electron chi connectivity index (χ3n) is 3.96. The Morgan fingerprint density at radius 3 is 2.95 bits per heavy atom. The van der Waals surface area contributed by atoms with E-state index in [9.17, 15) is 4.79 Å². The van der Waals surface area contributed by atoms with Crippen molar-refractivity contribution in [2.45, 2.75) is 58.5 Å². The zero-order chi connectivity index (χ0) is 13.5. The Morgan fingerprint density at radius 2 is 2.21 bits per heavy atom. The molecule has 4 heteroatoms. The molecule has 0 aromatic carbocycles. The first kappa shape index (κ1) is 13.3. The third kappa shape index (κ3) is 2.90. The standard InChI is InChI=1S/C15H21NO2S/c1-15(2)8-11-14(12(17)9-15)19-13(16-11)7-10-5-3-4-6-18-10/h10H,3-9H2,1-2H3. The van der Waals surface area contributed by atoms with Gasteiger partial charge in [0.2, 0.25) is 0 Å². The molecule has 2 heterocycles. The van der Waals surface area contributed by atoms with Crippen LogP contribution in [0.5, 0.6) is 0 Å². The lowest BCUT2D eigenvalue weighted by molar-refractivity contribution is 0.0167. The molecule has 0 saturated carbocycles. The average molecular weight is 279 g/mol. The monoisotopic (exact) mass is 279 g/mol. The van der Waals surface area contributed by atoms with Gasteiger partial charge in [-0.15, -0.1) is 11.3 Å². The summed E-state index contributed by atoms with van der Waals surface area (Å²) in [5.41, 5.74) is 1.09. The summed E-state index contributed by atoms with van der Waals surface area (Å²) in [6, 6.07) is 0. The molecular formula is C15H21NO2S. The fourth-order valence-corrected chi connectivity index (χ4v) is 4.10. The van der Waals surface area contributed by atoms with Gasteiger partial charge in [0, 0.05) is 19.4 Å². The van der Waals surface area contributed by atoms with Crippen molar-refractivity contribution in [2.75, 3.05) is 6.61 Å².